The highest BCUT2D eigenvalue weighted by molar-refractivity contribution is 6.35. The molecule has 2 aromatic carbocycles. The Morgan fingerprint density at radius 3 is 2.47 bits per heavy atom. The van der Waals surface area contributed by atoms with Crippen LogP contribution in [0.1, 0.15) is 55.1 Å². The molecule has 160 valence electrons. The summed E-state index contributed by atoms with van der Waals surface area (Å²) in [5, 5.41) is -0.0220. The van der Waals surface area contributed by atoms with Crippen molar-refractivity contribution in [2.24, 2.45) is 5.92 Å². The van der Waals surface area contributed by atoms with E-state index >= 15 is 4.39 Å². The van der Waals surface area contributed by atoms with E-state index in [0.717, 1.165) is 12.8 Å². The van der Waals surface area contributed by atoms with E-state index in [-0.39, 0.29) is 27.8 Å². The lowest BCUT2D eigenvalue weighted by Crippen LogP contribution is -2.38. The molecular formula is C23H26ClFN2O3. The summed E-state index contributed by atoms with van der Waals surface area (Å²) in [7, 11) is 0. The molecule has 0 saturated heterocycles. The van der Waals surface area contributed by atoms with Crippen LogP contribution in [0.2, 0.25) is 5.02 Å². The molecule has 0 aromatic heterocycles. The first-order valence-electron chi connectivity index (χ1n) is 9.87. The highest BCUT2D eigenvalue weighted by atomic mass is 35.5. The third-order valence-electron chi connectivity index (χ3n) is 4.87. The molecule has 0 bridgehead atoms. The van der Waals surface area contributed by atoms with Gasteiger partial charge in [0.05, 0.1) is 16.3 Å². The smallest absolute Gasteiger partial charge is 0.414 e. The van der Waals surface area contributed by atoms with E-state index in [0.29, 0.717) is 17.8 Å². The number of anilines is 2. The Morgan fingerprint density at radius 1 is 1.23 bits per heavy atom. The number of rotatable bonds is 5. The van der Waals surface area contributed by atoms with Crippen molar-refractivity contribution in [1.29, 1.82) is 0 Å². The first-order valence-corrected chi connectivity index (χ1v) is 10.2. The number of carbonyl (C=O) groups excluding carboxylic acids is 2. The number of benzene rings is 2. The average molecular weight is 433 g/mol. The first kappa shape index (κ1) is 22.1. The van der Waals surface area contributed by atoms with E-state index in [2.05, 4.69) is 0 Å². The second-order valence-corrected chi connectivity index (χ2v) is 9.10. The van der Waals surface area contributed by atoms with Gasteiger partial charge in [0.2, 0.25) is 0 Å². The van der Waals surface area contributed by atoms with Crippen LogP contribution in [0.25, 0.3) is 0 Å². The maximum atomic E-state index is 15.6. The molecule has 30 heavy (non-hydrogen) atoms. The number of ketones is 1. The van der Waals surface area contributed by atoms with Gasteiger partial charge in [-0.25, -0.2) is 9.18 Å². The fourth-order valence-corrected chi connectivity index (χ4v) is 3.30. The Balaban J connectivity index is 2.03. The summed E-state index contributed by atoms with van der Waals surface area (Å²) in [6.45, 7) is 7.33. The van der Waals surface area contributed by atoms with Crippen LogP contribution < -0.4 is 10.6 Å². The van der Waals surface area contributed by atoms with Crippen LogP contribution in [0.4, 0.5) is 20.6 Å². The quantitative estimate of drug-likeness (QED) is 0.482. The molecule has 7 heteroatoms. The van der Waals surface area contributed by atoms with Crippen LogP contribution in [-0.4, -0.2) is 24.0 Å². The molecule has 1 saturated carbocycles. The highest BCUT2D eigenvalue weighted by Gasteiger charge is 2.33. The van der Waals surface area contributed by atoms with Crippen LogP contribution in [-0.2, 0) is 4.74 Å². The van der Waals surface area contributed by atoms with Crippen molar-refractivity contribution in [2.45, 2.75) is 46.1 Å². The number of aryl methyl sites for hydroxylation is 1. The molecule has 2 aromatic rings. The topological polar surface area (TPSA) is 72.6 Å². The average Bonchev–Trinajstić information content (AvgIpc) is 3.45. The SMILES string of the molecule is Cc1cc(C(=O)c2c(Cl)ccc(N(CC3CC3)C(=O)OC(C)(C)C)c2F)ccc1N. The summed E-state index contributed by atoms with van der Waals surface area (Å²) in [4.78, 5) is 27.1. The van der Waals surface area contributed by atoms with Gasteiger partial charge in [0.25, 0.3) is 0 Å². The maximum Gasteiger partial charge on any atom is 0.414 e. The first-order chi connectivity index (χ1) is 14.0. The van der Waals surface area contributed by atoms with E-state index < -0.39 is 23.3 Å². The molecular weight excluding hydrogens is 407 g/mol. The van der Waals surface area contributed by atoms with Gasteiger partial charge in [0, 0.05) is 17.8 Å². The zero-order chi connectivity index (χ0) is 22.2. The zero-order valence-electron chi connectivity index (χ0n) is 17.6. The number of hydrogen-bond donors (Lipinski definition) is 1. The van der Waals surface area contributed by atoms with E-state index in [9.17, 15) is 9.59 Å². The van der Waals surface area contributed by atoms with Gasteiger partial charge in [0.1, 0.15) is 5.60 Å². The molecule has 1 amide bonds. The van der Waals surface area contributed by atoms with Crippen LogP contribution in [0, 0.1) is 18.7 Å². The molecule has 0 aliphatic heterocycles. The normalized spacial score (nSPS) is 13.8. The lowest BCUT2D eigenvalue weighted by molar-refractivity contribution is 0.0577. The van der Waals surface area contributed by atoms with Gasteiger partial charge in [-0.1, -0.05) is 11.6 Å². The van der Waals surface area contributed by atoms with Crippen molar-refractivity contribution in [2.75, 3.05) is 17.2 Å². The van der Waals surface area contributed by atoms with Crippen LogP contribution in [0.15, 0.2) is 30.3 Å². The minimum atomic E-state index is -0.839. The number of nitrogens with two attached hydrogens (primary N) is 1. The number of carbonyl (C=O) groups is 2. The Hall–Kier alpha value is -2.60. The number of hydrogen-bond acceptors (Lipinski definition) is 4. The van der Waals surface area contributed by atoms with Crippen LogP contribution >= 0.6 is 11.6 Å². The van der Waals surface area contributed by atoms with Gasteiger partial charge >= 0.3 is 6.09 Å². The monoisotopic (exact) mass is 432 g/mol. The largest absolute Gasteiger partial charge is 0.443 e. The van der Waals surface area contributed by atoms with Crippen molar-refractivity contribution < 1.29 is 18.7 Å². The molecule has 0 radical (unpaired) electrons. The number of nitrogen functional groups attached to an aromatic ring is 1. The van der Waals surface area contributed by atoms with Gasteiger partial charge in [-0.05, 0) is 82.3 Å². The van der Waals surface area contributed by atoms with Crippen LogP contribution in [0.3, 0.4) is 0 Å². The fraction of sp³-hybridized carbons (Fsp3) is 0.391. The molecule has 1 aliphatic rings. The lowest BCUT2D eigenvalue weighted by Gasteiger charge is -2.28. The van der Waals surface area contributed by atoms with Crippen molar-refractivity contribution >= 4 is 34.9 Å². The van der Waals surface area contributed by atoms with E-state index in [1.165, 1.54) is 23.1 Å². The van der Waals surface area contributed by atoms with E-state index in [1.54, 1.807) is 39.8 Å². The van der Waals surface area contributed by atoms with Gasteiger partial charge in [0.15, 0.2) is 11.6 Å². The Kier molecular flexibility index (Phi) is 6.09. The number of amides is 1. The maximum absolute atomic E-state index is 15.6. The summed E-state index contributed by atoms with van der Waals surface area (Å²) in [6, 6.07) is 7.56. The molecule has 0 spiro atoms. The molecule has 0 unspecified atom stereocenters. The number of ether oxygens (including phenoxy) is 1. The molecule has 0 atom stereocenters. The predicted octanol–water partition coefficient (Wildman–Crippen LogP) is 5.75. The van der Waals surface area contributed by atoms with Gasteiger partial charge < -0.3 is 10.5 Å². The second kappa shape index (κ2) is 8.26. The predicted molar refractivity (Wildman–Crippen MR) is 117 cm³/mol. The third-order valence-corrected chi connectivity index (χ3v) is 5.19. The number of nitrogens with zero attached hydrogens (tertiary/aromatic N) is 1. The van der Waals surface area contributed by atoms with Gasteiger partial charge in [-0.15, -0.1) is 0 Å². The molecule has 1 aliphatic carbocycles. The summed E-state index contributed by atoms with van der Waals surface area (Å²) in [6.07, 6.45) is 1.27. The Bertz CT molecular complexity index is 997. The molecule has 1 fully saturated rings. The summed E-state index contributed by atoms with van der Waals surface area (Å²) in [5.74, 6) is -1.13. The Labute approximate surface area is 181 Å². The minimum absolute atomic E-state index is 0.0175. The van der Waals surface area contributed by atoms with Crippen molar-refractivity contribution in [3.05, 3.63) is 57.9 Å². The Morgan fingerprint density at radius 2 is 1.90 bits per heavy atom. The van der Waals surface area contributed by atoms with Crippen molar-refractivity contribution in [3.63, 3.8) is 0 Å². The summed E-state index contributed by atoms with van der Waals surface area (Å²) in [5.41, 5.74) is 6.30. The fourth-order valence-electron chi connectivity index (χ4n) is 3.07. The van der Waals surface area contributed by atoms with Crippen molar-refractivity contribution in [1.82, 2.24) is 0 Å². The zero-order valence-corrected chi connectivity index (χ0v) is 18.3. The lowest BCUT2D eigenvalue weighted by atomic mass is 9.99. The van der Waals surface area contributed by atoms with E-state index in [4.69, 9.17) is 22.1 Å². The summed E-state index contributed by atoms with van der Waals surface area (Å²) >= 11 is 6.21. The molecule has 5 nitrogen and oxygen atoms in total. The molecule has 3 rings (SSSR count). The minimum Gasteiger partial charge on any atom is -0.443 e. The second-order valence-electron chi connectivity index (χ2n) is 8.69. The third kappa shape index (κ3) is 4.93. The number of halogens is 2. The van der Waals surface area contributed by atoms with Crippen LogP contribution in [0.5, 0.6) is 0 Å². The summed E-state index contributed by atoms with van der Waals surface area (Å²) < 4.78 is 21.1. The standard InChI is InChI=1S/C23H26ClFN2O3/c1-13-11-15(7-9-17(13)26)21(28)19-16(24)8-10-18(20(19)25)27(12-14-5-6-14)22(29)30-23(2,3)4/h7-11,14H,5-6,12,26H2,1-4H3. The van der Waals surface area contributed by atoms with Crippen molar-refractivity contribution in [3.8, 4) is 0 Å². The van der Waals surface area contributed by atoms with Gasteiger partial charge in [-0.2, -0.15) is 0 Å². The molecule has 2 N–H and O–H groups in total. The molecule has 0 heterocycles. The highest BCUT2D eigenvalue weighted by Crippen LogP contribution is 2.36. The van der Waals surface area contributed by atoms with Gasteiger partial charge in [-0.3, -0.25) is 9.69 Å². The van der Waals surface area contributed by atoms with E-state index in [1.807, 2.05) is 0 Å².